The molecule has 0 aliphatic heterocycles. The van der Waals surface area contributed by atoms with Crippen LogP contribution in [0.4, 0.5) is 5.69 Å². The normalized spacial score (nSPS) is 27.8. The van der Waals surface area contributed by atoms with E-state index in [9.17, 15) is 4.79 Å². The molecule has 2 unspecified atom stereocenters. The lowest BCUT2D eigenvalue weighted by Crippen LogP contribution is -2.22. The van der Waals surface area contributed by atoms with Gasteiger partial charge in [-0.05, 0) is 56.2 Å². The number of hydrogen-bond acceptors (Lipinski definition) is 2. The van der Waals surface area contributed by atoms with Crippen molar-refractivity contribution in [1.82, 2.24) is 0 Å². The second-order valence-electron chi connectivity index (χ2n) is 5.49. The van der Waals surface area contributed by atoms with Gasteiger partial charge in [-0.3, -0.25) is 4.79 Å². The number of benzene rings is 1. The number of carbonyl (C=O) groups is 1. The van der Waals surface area contributed by atoms with E-state index >= 15 is 0 Å². The van der Waals surface area contributed by atoms with Crippen molar-refractivity contribution in [2.45, 2.75) is 26.2 Å². The third-order valence-corrected chi connectivity index (χ3v) is 4.35. The Hall–Kier alpha value is -1.22. The Morgan fingerprint density at radius 2 is 2.11 bits per heavy atom. The lowest BCUT2D eigenvalue weighted by molar-refractivity contribution is -0.120. The maximum atomic E-state index is 12.2. The molecule has 19 heavy (non-hydrogen) atoms. The van der Waals surface area contributed by atoms with Crippen LogP contribution in [0.2, 0.25) is 5.02 Å². The summed E-state index contributed by atoms with van der Waals surface area (Å²) in [5.41, 5.74) is 0.680. The van der Waals surface area contributed by atoms with Gasteiger partial charge in [-0.2, -0.15) is 0 Å². The minimum atomic E-state index is 0.107. The van der Waals surface area contributed by atoms with Gasteiger partial charge >= 0.3 is 0 Å². The van der Waals surface area contributed by atoms with Crippen LogP contribution >= 0.6 is 11.6 Å². The zero-order chi connectivity index (χ0) is 13.4. The molecule has 0 aromatic heterocycles. The van der Waals surface area contributed by atoms with Gasteiger partial charge in [0.05, 0.1) is 12.3 Å². The van der Waals surface area contributed by atoms with Crippen molar-refractivity contribution in [3.8, 4) is 5.75 Å². The second-order valence-corrected chi connectivity index (χ2v) is 5.92. The van der Waals surface area contributed by atoms with Crippen molar-refractivity contribution in [3.63, 3.8) is 0 Å². The molecule has 0 spiro atoms. The number of anilines is 1. The molecule has 102 valence electrons. The molecular weight excluding hydrogens is 262 g/mol. The Kier molecular flexibility index (Phi) is 3.40. The molecule has 4 heteroatoms. The van der Waals surface area contributed by atoms with Crippen molar-refractivity contribution >= 4 is 23.2 Å². The van der Waals surface area contributed by atoms with Gasteiger partial charge in [0.25, 0.3) is 0 Å². The van der Waals surface area contributed by atoms with Crippen LogP contribution in [0.15, 0.2) is 18.2 Å². The second kappa shape index (κ2) is 5.04. The number of carbonyl (C=O) groups excluding carboxylic acids is 1. The number of nitrogens with one attached hydrogen (secondary N) is 1. The molecular formula is C15H18ClNO2. The van der Waals surface area contributed by atoms with E-state index in [1.807, 2.05) is 6.92 Å². The predicted octanol–water partition coefficient (Wildman–Crippen LogP) is 3.72. The van der Waals surface area contributed by atoms with Crippen LogP contribution in [-0.4, -0.2) is 12.5 Å². The maximum absolute atomic E-state index is 12.2. The predicted molar refractivity (Wildman–Crippen MR) is 75.6 cm³/mol. The summed E-state index contributed by atoms with van der Waals surface area (Å²) in [7, 11) is 0. The fourth-order valence-corrected chi connectivity index (χ4v) is 3.22. The molecule has 1 N–H and O–H groups in total. The molecule has 1 amide bonds. The van der Waals surface area contributed by atoms with E-state index in [1.165, 1.54) is 6.42 Å². The van der Waals surface area contributed by atoms with Crippen molar-refractivity contribution in [2.75, 3.05) is 11.9 Å². The van der Waals surface area contributed by atoms with Gasteiger partial charge in [-0.15, -0.1) is 0 Å². The highest BCUT2D eigenvalue weighted by molar-refractivity contribution is 6.31. The number of hydrogen-bond donors (Lipinski definition) is 1. The summed E-state index contributed by atoms with van der Waals surface area (Å²) in [6.45, 7) is 2.49. The Morgan fingerprint density at radius 1 is 1.37 bits per heavy atom. The SMILES string of the molecule is CCOc1ccc(Cl)cc1NC(=O)C1CC2CC2C1. The largest absolute Gasteiger partial charge is 0.492 e. The zero-order valence-corrected chi connectivity index (χ0v) is 11.7. The molecule has 0 saturated heterocycles. The van der Waals surface area contributed by atoms with E-state index < -0.39 is 0 Å². The third kappa shape index (κ3) is 2.71. The highest BCUT2D eigenvalue weighted by atomic mass is 35.5. The van der Waals surface area contributed by atoms with Crippen LogP contribution in [0.5, 0.6) is 5.75 Å². The number of halogens is 1. The van der Waals surface area contributed by atoms with Gasteiger partial charge in [0.15, 0.2) is 0 Å². The van der Waals surface area contributed by atoms with E-state index in [0.717, 1.165) is 24.7 Å². The zero-order valence-electron chi connectivity index (χ0n) is 11.0. The lowest BCUT2D eigenvalue weighted by Gasteiger charge is -2.15. The van der Waals surface area contributed by atoms with Crippen molar-refractivity contribution < 1.29 is 9.53 Å². The van der Waals surface area contributed by atoms with Crippen LogP contribution in [0.25, 0.3) is 0 Å². The third-order valence-electron chi connectivity index (χ3n) is 4.11. The number of fused-ring (bicyclic) bond motifs is 1. The smallest absolute Gasteiger partial charge is 0.227 e. The van der Waals surface area contributed by atoms with Gasteiger partial charge in [-0.1, -0.05) is 11.6 Å². The van der Waals surface area contributed by atoms with Crippen LogP contribution in [0, 0.1) is 17.8 Å². The molecule has 2 atom stereocenters. The van der Waals surface area contributed by atoms with E-state index in [4.69, 9.17) is 16.3 Å². The van der Waals surface area contributed by atoms with Crippen molar-refractivity contribution in [1.29, 1.82) is 0 Å². The highest BCUT2D eigenvalue weighted by Gasteiger charge is 2.48. The van der Waals surface area contributed by atoms with Crippen molar-refractivity contribution in [2.24, 2.45) is 17.8 Å². The number of ether oxygens (including phenoxy) is 1. The summed E-state index contributed by atoms with van der Waals surface area (Å²) in [6, 6.07) is 5.32. The van der Waals surface area contributed by atoms with Gasteiger partial charge in [0.2, 0.25) is 5.91 Å². The maximum Gasteiger partial charge on any atom is 0.227 e. The number of rotatable bonds is 4. The molecule has 1 aromatic carbocycles. The first-order valence-corrected chi connectivity index (χ1v) is 7.28. The first-order chi connectivity index (χ1) is 9.17. The summed E-state index contributed by atoms with van der Waals surface area (Å²) in [6.07, 6.45) is 3.41. The molecule has 0 heterocycles. The molecule has 1 aromatic rings. The van der Waals surface area contributed by atoms with E-state index in [2.05, 4.69) is 5.32 Å². The van der Waals surface area contributed by atoms with Crippen LogP contribution in [0.1, 0.15) is 26.2 Å². The standard InChI is InChI=1S/C15H18ClNO2/c1-2-19-14-4-3-12(16)8-13(14)17-15(18)11-6-9-5-10(9)7-11/h3-4,8-11H,2,5-7H2,1H3,(H,17,18). The van der Waals surface area contributed by atoms with Crippen molar-refractivity contribution in [3.05, 3.63) is 23.2 Å². The summed E-state index contributed by atoms with van der Waals surface area (Å²) >= 11 is 5.98. The lowest BCUT2D eigenvalue weighted by atomic mass is 10.0. The molecule has 2 aliphatic carbocycles. The van der Waals surface area contributed by atoms with Gasteiger partial charge < -0.3 is 10.1 Å². The highest BCUT2D eigenvalue weighted by Crippen LogP contribution is 2.54. The summed E-state index contributed by atoms with van der Waals surface area (Å²) in [5, 5.41) is 3.58. The minimum Gasteiger partial charge on any atom is -0.492 e. The Bertz CT molecular complexity index is 493. The molecule has 0 bridgehead atoms. The first kappa shape index (κ1) is 12.8. The monoisotopic (exact) mass is 279 g/mol. The average Bonchev–Trinajstić information content (AvgIpc) is 2.99. The summed E-state index contributed by atoms with van der Waals surface area (Å²) in [4.78, 5) is 12.2. The molecule has 2 aliphatic rings. The average molecular weight is 280 g/mol. The fourth-order valence-electron chi connectivity index (χ4n) is 3.04. The van der Waals surface area contributed by atoms with E-state index in [-0.39, 0.29) is 11.8 Å². The summed E-state index contributed by atoms with van der Waals surface area (Å²) in [5.74, 6) is 2.57. The van der Waals surface area contributed by atoms with Gasteiger partial charge in [0, 0.05) is 10.9 Å². The van der Waals surface area contributed by atoms with E-state index in [1.54, 1.807) is 18.2 Å². The summed E-state index contributed by atoms with van der Waals surface area (Å²) < 4.78 is 5.51. The Balaban J connectivity index is 1.70. The van der Waals surface area contributed by atoms with Crippen LogP contribution in [0.3, 0.4) is 0 Å². The Labute approximate surface area is 118 Å². The minimum absolute atomic E-state index is 0.107. The molecule has 3 nitrogen and oxygen atoms in total. The quantitative estimate of drug-likeness (QED) is 0.912. The first-order valence-electron chi connectivity index (χ1n) is 6.90. The van der Waals surface area contributed by atoms with Crippen LogP contribution in [-0.2, 0) is 4.79 Å². The van der Waals surface area contributed by atoms with E-state index in [0.29, 0.717) is 23.1 Å². The fraction of sp³-hybridized carbons (Fsp3) is 0.533. The molecule has 0 radical (unpaired) electrons. The number of amides is 1. The van der Waals surface area contributed by atoms with Gasteiger partial charge in [-0.25, -0.2) is 0 Å². The molecule has 2 fully saturated rings. The molecule has 3 rings (SSSR count). The molecule has 2 saturated carbocycles. The topological polar surface area (TPSA) is 38.3 Å². The van der Waals surface area contributed by atoms with Gasteiger partial charge in [0.1, 0.15) is 5.75 Å². The van der Waals surface area contributed by atoms with Crippen LogP contribution < -0.4 is 10.1 Å². The Morgan fingerprint density at radius 3 is 2.79 bits per heavy atom.